The number of carbonyl (C=O) groups excluding carboxylic acids is 2. The Kier molecular flexibility index (Phi) is 6.56. The highest BCUT2D eigenvalue weighted by Crippen LogP contribution is 2.37. The first-order chi connectivity index (χ1) is 13.3. The maximum absolute atomic E-state index is 12.2. The largest absolute Gasteiger partial charge is 0.493 e. The number of hydrogen-bond donors (Lipinski definition) is 0. The molecule has 0 unspecified atom stereocenters. The zero-order chi connectivity index (χ0) is 20.4. The Morgan fingerprint density at radius 2 is 1.96 bits per heavy atom. The van der Waals surface area contributed by atoms with Crippen molar-refractivity contribution >= 4 is 78.4 Å². The van der Waals surface area contributed by atoms with E-state index in [2.05, 4.69) is 59.4 Å². The molecule has 0 aromatic heterocycles. The third-order valence-corrected chi connectivity index (χ3v) is 6.52. The number of cyclic esters (lactones) is 1. The zero-order valence-corrected chi connectivity index (χ0v) is 19.9. The van der Waals surface area contributed by atoms with Gasteiger partial charge in [0.1, 0.15) is 0 Å². The summed E-state index contributed by atoms with van der Waals surface area (Å²) in [6, 6.07) is 8.89. The molecule has 0 N–H and O–H groups in total. The lowest BCUT2D eigenvalue weighted by Gasteiger charge is -2.11. The molecular formula is C19H12Br2INO5. The second-order valence-corrected chi connectivity index (χ2v) is 8.46. The average Bonchev–Trinajstić information content (AvgIpc) is 2.99. The van der Waals surface area contributed by atoms with Crippen LogP contribution in [0.5, 0.6) is 11.5 Å². The number of nitrogens with zero attached hydrogens (tertiary/aromatic N) is 1. The van der Waals surface area contributed by atoms with E-state index >= 15 is 0 Å². The Morgan fingerprint density at radius 1 is 1.21 bits per heavy atom. The van der Waals surface area contributed by atoms with Gasteiger partial charge in [0.15, 0.2) is 17.2 Å². The second-order valence-electron chi connectivity index (χ2n) is 5.59. The van der Waals surface area contributed by atoms with Crippen molar-refractivity contribution in [3.63, 3.8) is 0 Å². The van der Waals surface area contributed by atoms with Gasteiger partial charge in [0.2, 0.25) is 5.90 Å². The van der Waals surface area contributed by atoms with E-state index in [0.717, 1.165) is 8.04 Å². The predicted octanol–water partition coefficient (Wildman–Crippen LogP) is 5.09. The van der Waals surface area contributed by atoms with E-state index in [-0.39, 0.29) is 17.3 Å². The van der Waals surface area contributed by atoms with Crippen molar-refractivity contribution in [1.82, 2.24) is 0 Å². The fraction of sp³-hybridized carbons (Fsp3) is 0.105. The van der Waals surface area contributed by atoms with Gasteiger partial charge in [-0.05, 0) is 96.4 Å². The summed E-state index contributed by atoms with van der Waals surface area (Å²) in [4.78, 5) is 27.8. The van der Waals surface area contributed by atoms with Crippen LogP contribution in [0.1, 0.15) is 18.1 Å². The van der Waals surface area contributed by atoms with Gasteiger partial charge >= 0.3 is 11.9 Å². The number of carbonyl (C=O) groups is 2. The molecule has 0 bridgehead atoms. The predicted molar refractivity (Wildman–Crippen MR) is 119 cm³/mol. The van der Waals surface area contributed by atoms with Gasteiger partial charge in [-0.2, -0.15) is 0 Å². The van der Waals surface area contributed by atoms with Gasteiger partial charge in [0.25, 0.3) is 0 Å². The number of aliphatic imine (C=N–C) groups is 1. The molecule has 144 valence electrons. The molecule has 0 amide bonds. The minimum atomic E-state index is -0.552. The summed E-state index contributed by atoms with van der Waals surface area (Å²) < 4.78 is 18.2. The van der Waals surface area contributed by atoms with E-state index in [9.17, 15) is 9.59 Å². The molecule has 3 rings (SSSR count). The van der Waals surface area contributed by atoms with Gasteiger partial charge in [-0.1, -0.05) is 0 Å². The first-order valence-corrected chi connectivity index (χ1v) is 10.5. The van der Waals surface area contributed by atoms with Gasteiger partial charge in [-0.15, -0.1) is 0 Å². The summed E-state index contributed by atoms with van der Waals surface area (Å²) in [5.41, 5.74) is 1.47. The van der Waals surface area contributed by atoms with E-state index < -0.39 is 11.9 Å². The monoisotopic (exact) mass is 619 g/mol. The molecule has 0 radical (unpaired) electrons. The fourth-order valence-electron chi connectivity index (χ4n) is 2.39. The molecule has 0 saturated carbocycles. The van der Waals surface area contributed by atoms with Crippen LogP contribution in [0.2, 0.25) is 0 Å². The van der Waals surface area contributed by atoms with Crippen molar-refractivity contribution in [1.29, 1.82) is 0 Å². The molecule has 9 heteroatoms. The quantitative estimate of drug-likeness (QED) is 0.206. The molecule has 1 aliphatic heterocycles. The molecule has 28 heavy (non-hydrogen) atoms. The first-order valence-electron chi connectivity index (χ1n) is 7.82. The maximum Gasteiger partial charge on any atom is 0.363 e. The highest BCUT2D eigenvalue weighted by atomic mass is 127. The third kappa shape index (κ3) is 4.64. The Hall–Kier alpha value is -1.72. The van der Waals surface area contributed by atoms with Crippen LogP contribution in [0.25, 0.3) is 6.08 Å². The van der Waals surface area contributed by atoms with E-state index in [4.69, 9.17) is 14.2 Å². The Morgan fingerprint density at radius 3 is 2.61 bits per heavy atom. The lowest BCUT2D eigenvalue weighted by atomic mass is 10.1. The van der Waals surface area contributed by atoms with Gasteiger partial charge in [-0.3, -0.25) is 4.79 Å². The normalized spacial score (nSPS) is 14.7. The van der Waals surface area contributed by atoms with Crippen LogP contribution in [-0.4, -0.2) is 24.9 Å². The highest BCUT2D eigenvalue weighted by molar-refractivity contribution is 14.1. The number of halogens is 3. The van der Waals surface area contributed by atoms with Gasteiger partial charge in [0, 0.05) is 20.5 Å². The zero-order valence-electron chi connectivity index (χ0n) is 14.6. The molecule has 0 saturated heterocycles. The lowest BCUT2D eigenvalue weighted by Crippen LogP contribution is -2.05. The number of hydrogen-bond acceptors (Lipinski definition) is 6. The number of esters is 2. The van der Waals surface area contributed by atoms with Crippen molar-refractivity contribution in [2.75, 3.05) is 7.11 Å². The Bertz CT molecular complexity index is 1050. The first kappa shape index (κ1) is 21.0. The maximum atomic E-state index is 12.2. The van der Waals surface area contributed by atoms with E-state index in [0.29, 0.717) is 21.3 Å². The molecule has 0 spiro atoms. The van der Waals surface area contributed by atoms with Crippen molar-refractivity contribution in [3.05, 3.63) is 59.7 Å². The molecular weight excluding hydrogens is 609 g/mol. The van der Waals surface area contributed by atoms with Crippen LogP contribution >= 0.6 is 54.5 Å². The van der Waals surface area contributed by atoms with Crippen LogP contribution in [0.15, 0.2) is 50.0 Å². The fourth-order valence-corrected chi connectivity index (χ4v) is 3.64. The van der Waals surface area contributed by atoms with Crippen LogP contribution in [0.3, 0.4) is 0 Å². The summed E-state index contributed by atoms with van der Waals surface area (Å²) in [5.74, 6) is -0.185. The van der Waals surface area contributed by atoms with E-state index in [1.54, 1.807) is 18.2 Å². The molecule has 0 atom stereocenters. The molecule has 0 aliphatic carbocycles. The Labute approximate surface area is 191 Å². The number of ether oxygens (including phenoxy) is 3. The van der Waals surface area contributed by atoms with Gasteiger partial charge < -0.3 is 14.2 Å². The van der Waals surface area contributed by atoms with Gasteiger partial charge in [-0.25, -0.2) is 9.79 Å². The highest BCUT2D eigenvalue weighted by Gasteiger charge is 2.25. The summed E-state index contributed by atoms with van der Waals surface area (Å²) in [7, 11) is 1.46. The molecule has 0 fully saturated rings. The summed E-state index contributed by atoms with van der Waals surface area (Å²) in [6.07, 6.45) is 1.57. The summed E-state index contributed by atoms with van der Waals surface area (Å²) in [5, 5.41) is 0. The SMILES string of the molecule is COc1cc(/C=C2\N=C(c3ccc(I)c(Br)c3)OC2=O)cc(Br)c1OC(C)=O. The minimum absolute atomic E-state index is 0.152. The topological polar surface area (TPSA) is 74.2 Å². The minimum Gasteiger partial charge on any atom is -0.493 e. The van der Waals surface area contributed by atoms with E-state index in [1.807, 2.05) is 18.2 Å². The van der Waals surface area contributed by atoms with Crippen molar-refractivity contribution in [3.8, 4) is 11.5 Å². The lowest BCUT2D eigenvalue weighted by molar-refractivity contribution is -0.132. The average molecular weight is 621 g/mol. The van der Waals surface area contributed by atoms with Crippen LogP contribution in [-0.2, 0) is 14.3 Å². The number of rotatable bonds is 4. The van der Waals surface area contributed by atoms with Crippen LogP contribution in [0.4, 0.5) is 0 Å². The molecule has 2 aromatic carbocycles. The standard InChI is InChI=1S/C19H12Br2INO5/c1-9(24)27-17-13(21)5-10(7-16(17)26-2)6-15-19(25)28-18(23-15)11-3-4-14(22)12(20)8-11/h3-8H,1-2H3/b15-6-. The third-order valence-electron chi connectivity index (χ3n) is 3.59. The smallest absolute Gasteiger partial charge is 0.363 e. The summed E-state index contributed by atoms with van der Waals surface area (Å²) >= 11 is 9.00. The number of methoxy groups -OCH3 is 1. The van der Waals surface area contributed by atoms with Gasteiger partial charge in [0.05, 0.1) is 11.6 Å². The molecule has 2 aromatic rings. The molecule has 6 nitrogen and oxygen atoms in total. The van der Waals surface area contributed by atoms with Crippen molar-refractivity contribution in [2.24, 2.45) is 4.99 Å². The van der Waals surface area contributed by atoms with Crippen molar-refractivity contribution in [2.45, 2.75) is 6.92 Å². The Balaban J connectivity index is 1.97. The van der Waals surface area contributed by atoms with Crippen LogP contribution < -0.4 is 9.47 Å². The molecule has 1 aliphatic rings. The second kappa shape index (κ2) is 8.75. The van der Waals surface area contributed by atoms with E-state index in [1.165, 1.54) is 14.0 Å². The van der Waals surface area contributed by atoms with Crippen LogP contribution in [0, 0.1) is 3.57 Å². The summed E-state index contributed by atoms with van der Waals surface area (Å²) in [6.45, 7) is 1.30. The molecule has 1 heterocycles. The van der Waals surface area contributed by atoms with Crippen molar-refractivity contribution < 1.29 is 23.8 Å². The number of benzene rings is 2.